The van der Waals surface area contributed by atoms with Crippen molar-refractivity contribution in [2.24, 2.45) is 0 Å². The number of pyridine rings is 1. The molecule has 0 spiro atoms. The van der Waals surface area contributed by atoms with Gasteiger partial charge in [0.25, 0.3) is 0 Å². The Balaban J connectivity index is 2.49. The molecule has 0 amide bonds. The van der Waals surface area contributed by atoms with Crippen molar-refractivity contribution in [3.8, 4) is 0 Å². The third-order valence-corrected chi connectivity index (χ3v) is 1.69. The van der Waals surface area contributed by atoms with E-state index in [1.807, 2.05) is 0 Å². The van der Waals surface area contributed by atoms with E-state index in [0.29, 0.717) is 5.69 Å². The van der Waals surface area contributed by atoms with Gasteiger partial charge >= 0.3 is 5.97 Å². The van der Waals surface area contributed by atoms with Crippen molar-refractivity contribution in [2.45, 2.75) is 19.4 Å². The molecule has 0 saturated heterocycles. The summed E-state index contributed by atoms with van der Waals surface area (Å²) in [5, 5.41) is 9.39. The number of rotatable bonds is 4. The highest BCUT2D eigenvalue weighted by Crippen LogP contribution is 2.00. The van der Waals surface area contributed by atoms with Crippen molar-refractivity contribution in [2.75, 3.05) is 6.61 Å². The summed E-state index contributed by atoms with van der Waals surface area (Å²) in [6.07, 6.45) is 0.692. The molecule has 0 aliphatic heterocycles. The zero-order chi connectivity index (χ0) is 10.4. The van der Waals surface area contributed by atoms with E-state index in [-0.39, 0.29) is 13.0 Å². The van der Waals surface area contributed by atoms with Crippen molar-refractivity contribution < 1.29 is 14.6 Å². The van der Waals surface area contributed by atoms with Crippen molar-refractivity contribution >= 4 is 5.97 Å². The van der Waals surface area contributed by atoms with Gasteiger partial charge in [-0.15, -0.1) is 0 Å². The van der Waals surface area contributed by atoms with Crippen LogP contribution in [0.3, 0.4) is 0 Å². The van der Waals surface area contributed by atoms with Crippen LogP contribution in [0.1, 0.15) is 12.6 Å². The summed E-state index contributed by atoms with van der Waals surface area (Å²) >= 11 is 0. The van der Waals surface area contributed by atoms with E-state index in [2.05, 4.69) is 9.72 Å². The van der Waals surface area contributed by atoms with Crippen LogP contribution < -0.4 is 0 Å². The smallest absolute Gasteiger partial charge is 0.335 e. The van der Waals surface area contributed by atoms with Crippen molar-refractivity contribution in [1.29, 1.82) is 0 Å². The zero-order valence-corrected chi connectivity index (χ0v) is 8.01. The van der Waals surface area contributed by atoms with Gasteiger partial charge in [0.15, 0.2) is 6.10 Å². The molecular formula is C10H13NO3. The zero-order valence-electron chi connectivity index (χ0n) is 8.01. The Bertz CT molecular complexity index is 287. The second-order valence-electron chi connectivity index (χ2n) is 2.79. The predicted molar refractivity (Wildman–Crippen MR) is 50.6 cm³/mol. The molecule has 1 N–H and O–H groups in total. The minimum Gasteiger partial charge on any atom is -0.464 e. The Hall–Kier alpha value is -1.42. The van der Waals surface area contributed by atoms with E-state index in [9.17, 15) is 9.90 Å². The van der Waals surface area contributed by atoms with Gasteiger partial charge in [0, 0.05) is 18.3 Å². The van der Waals surface area contributed by atoms with Gasteiger partial charge in [0.05, 0.1) is 6.61 Å². The first-order valence-electron chi connectivity index (χ1n) is 4.48. The molecule has 0 saturated carbocycles. The highest BCUT2D eigenvalue weighted by atomic mass is 16.5. The number of aliphatic hydroxyl groups excluding tert-OH is 1. The summed E-state index contributed by atoms with van der Waals surface area (Å²) in [6, 6.07) is 5.34. The topological polar surface area (TPSA) is 59.4 Å². The van der Waals surface area contributed by atoms with Crippen LogP contribution in [0.4, 0.5) is 0 Å². The number of ether oxygens (including phenoxy) is 1. The molecule has 0 bridgehead atoms. The molecular weight excluding hydrogens is 182 g/mol. The maximum Gasteiger partial charge on any atom is 0.335 e. The summed E-state index contributed by atoms with van der Waals surface area (Å²) in [5.41, 5.74) is 0.674. The van der Waals surface area contributed by atoms with Crippen LogP contribution in [0.25, 0.3) is 0 Å². The maximum absolute atomic E-state index is 11.0. The number of esters is 1. The normalized spacial score (nSPS) is 12.1. The third kappa shape index (κ3) is 3.14. The maximum atomic E-state index is 11.0. The van der Waals surface area contributed by atoms with Crippen LogP contribution in [0.5, 0.6) is 0 Å². The molecule has 0 fully saturated rings. The lowest BCUT2D eigenvalue weighted by atomic mass is 10.2. The average Bonchev–Trinajstić information content (AvgIpc) is 2.19. The van der Waals surface area contributed by atoms with E-state index >= 15 is 0 Å². The Morgan fingerprint density at radius 3 is 3.00 bits per heavy atom. The molecule has 0 aromatic carbocycles. The molecule has 1 aromatic rings. The van der Waals surface area contributed by atoms with Crippen LogP contribution >= 0.6 is 0 Å². The van der Waals surface area contributed by atoms with Crippen LogP contribution in [0, 0.1) is 0 Å². The van der Waals surface area contributed by atoms with Gasteiger partial charge in [-0.25, -0.2) is 4.79 Å². The van der Waals surface area contributed by atoms with E-state index in [4.69, 9.17) is 0 Å². The highest BCUT2D eigenvalue weighted by Gasteiger charge is 2.16. The second-order valence-corrected chi connectivity index (χ2v) is 2.79. The fraction of sp³-hybridized carbons (Fsp3) is 0.400. The summed E-state index contributed by atoms with van der Waals surface area (Å²) in [6.45, 7) is 1.98. The standard InChI is InChI=1S/C10H13NO3/c1-2-14-10(13)9(12)7-8-5-3-4-6-11-8/h3-6,9,12H,2,7H2,1H3. The lowest BCUT2D eigenvalue weighted by Gasteiger charge is -2.08. The number of nitrogens with zero attached hydrogens (tertiary/aromatic N) is 1. The Morgan fingerprint density at radius 2 is 2.43 bits per heavy atom. The lowest BCUT2D eigenvalue weighted by molar-refractivity contribution is -0.152. The summed E-state index contributed by atoms with van der Waals surface area (Å²) in [5.74, 6) is -0.599. The number of aliphatic hydroxyl groups is 1. The highest BCUT2D eigenvalue weighted by molar-refractivity contribution is 5.74. The first kappa shape index (κ1) is 10.7. The Labute approximate surface area is 82.5 Å². The van der Waals surface area contributed by atoms with Crippen LogP contribution in [-0.2, 0) is 16.0 Å². The van der Waals surface area contributed by atoms with Crippen LogP contribution in [0.15, 0.2) is 24.4 Å². The molecule has 0 aliphatic rings. The SMILES string of the molecule is CCOC(=O)C(O)Cc1ccccn1. The van der Waals surface area contributed by atoms with Gasteiger partial charge in [-0.1, -0.05) is 6.07 Å². The van der Waals surface area contributed by atoms with E-state index < -0.39 is 12.1 Å². The molecule has 4 nitrogen and oxygen atoms in total. The molecule has 14 heavy (non-hydrogen) atoms. The number of hydrogen-bond acceptors (Lipinski definition) is 4. The minimum atomic E-state index is -1.12. The van der Waals surface area contributed by atoms with Gasteiger partial charge in [-0.05, 0) is 19.1 Å². The largest absolute Gasteiger partial charge is 0.464 e. The summed E-state index contributed by atoms with van der Waals surface area (Å²) in [7, 11) is 0. The number of aromatic nitrogens is 1. The third-order valence-electron chi connectivity index (χ3n) is 1.69. The van der Waals surface area contributed by atoms with Crippen molar-refractivity contribution in [3.63, 3.8) is 0 Å². The van der Waals surface area contributed by atoms with Gasteiger partial charge in [0.1, 0.15) is 0 Å². The minimum absolute atomic E-state index is 0.194. The molecule has 1 atom stereocenters. The van der Waals surface area contributed by atoms with Gasteiger partial charge in [0.2, 0.25) is 0 Å². The molecule has 0 radical (unpaired) electrons. The molecule has 0 aliphatic carbocycles. The molecule has 1 heterocycles. The molecule has 1 unspecified atom stereocenters. The molecule has 4 heteroatoms. The quantitative estimate of drug-likeness (QED) is 0.713. The summed E-state index contributed by atoms with van der Waals surface area (Å²) in [4.78, 5) is 15.0. The van der Waals surface area contributed by atoms with E-state index in [0.717, 1.165) is 0 Å². The lowest BCUT2D eigenvalue weighted by Crippen LogP contribution is -2.25. The Kier molecular flexibility index (Phi) is 4.07. The average molecular weight is 195 g/mol. The van der Waals surface area contributed by atoms with E-state index in [1.54, 1.807) is 31.3 Å². The van der Waals surface area contributed by atoms with Gasteiger partial charge < -0.3 is 9.84 Å². The van der Waals surface area contributed by atoms with Gasteiger partial charge in [-0.3, -0.25) is 4.98 Å². The number of carbonyl (C=O) groups excluding carboxylic acids is 1. The number of hydrogen-bond donors (Lipinski definition) is 1. The summed E-state index contributed by atoms with van der Waals surface area (Å²) < 4.78 is 4.66. The second kappa shape index (κ2) is 5.34. The van der Waals surface area contributed by atoms with Crippen molar-refractivity contribution in [1.82, 2.24) is 4.98 Å². The van der Waals surface area contributed by atoms with Crippen LogP contribution in [-0.4, -0.2) is 28.8 Å². The number of carbonyl (C=O) groups is 1. The molecule has 1 rings (SSSR count). The fourth-order valence-electron chi connectivity index (χ4n) is 1.04. The molecule has 76 valence electrons. The van der Waals surface area contributed by atoms with Crippen molar-refractivity contribution in [3.05, 3.63) is 30.1 Å². The first-order chi connectivity index (χ1) is 6.74. The Morgan fingerprint density at radius 1 is 1.64 bits per heavy atom. The van der Waals surface area contributed by atoms with Crippen LogP contribution in [0.2, 0.25) is 0 Å². The predicted octanol–water partition coefficient (Wildman–Crippen LogP) is 0.548. The first-order valence-corrected chi connectivity index (χ1v) is 4.48. The van der Waals surface area contributed by atoms with E-state index in [1.165, 1.54) is 0 Å². The molecule has 1 aromatic heterocycles. The fourth-order valence-corrected chi connectivity index (χ4v) is 1.04. The monoisotopic (exact) mass is 195 g/mol. The van der Waals surface area contributed by atoms with Gasteiger partial charge in [-0.2, -0.15) is 0 Å².